The maximum Gasteiger partial charge on any atom is 0.243 e. The van der Waals surface area contributed by atoms with Crippen LogP contribution in [-0.4, -0.2) is 38.3 Å². The Morgan fingerprint density at radius 3 is 2.52 bits per heavy atom. The summed E-state index contributed by atoms with van der Waals surface area (Å²) in [6.07, 6.45) is 2.16. The summed E-state index contributed by atoms with van der Waals surface area (Å²) in [7, 11) is -3.58. The monoisotopic (exact) mass is 450 g/mol. The maximum absolute atomic E-state index is 12.8. The number of rotatable bonds is 6. The molecule has 1 amide bonds. The molecule has 0 aliphatic carbocycles. The lowest BCUT2D eigenvalue weighted by atomic mass is 9.99. The number of benzene rings is 2. The molecule has 0 spiro atoms. The van der Waals surface area contributed by atoms with E-state index >= 15 is 0 Å². The Morgan fingerprint density at radius 1 is 1.11 bits per heavy atom. The van der Waals surface area contributed by atoms with Gasteiger partial charge in [-0.15, -0.1) is 0 Å². The molecule has 1 aliphatic rings. The molecule has 5 nitrogen and oxygen atoms in total. The highest BCUT2D eigenvalue weighted by Gasteiger charge is 2.33. The average Bonchev–Trinajstić information content (AvgIpc) is 2.69. The Bertz CT molecular complexity index is 870. The fraction of sp³-hybridized carbons (Fsp3) is 0.350. The third-order valence-corrected chi connectivity index (χ3v) is 7.17. The molecule has 1 N–H and O–H groups in total. The first kappa shape index (κ1) is 20.0. The van der Waals surface area contributed by atoms with Gasteiger partial charge in [0.2, 0.25) is 15.9 Å². The van der Waals surface area contributed by atoms with Gasteiger partial charge in [0, 0.05) is 24.1 Å². The van der Waals surface area contributed by atoms with Crippen molar-refractivity contribution in [3.05, 3.63) is 64.6 Å². The maximum atomic E-state index is 12.8. The van der Waals surface area contributed by atoms with Gasteiger partial charge in [0.25, 0.3) is 0 Å². The summed E-state index contributed by atoms with van der Waals surface area (Å²) in [6.45, 7) is 1.24. The molecule has 1 aliphatic heterocycles. The fourth-order valence-corrected chi connectivity index (χ4v) is 5.04. The minimum atomic E-state index is -3.58. The lowest BCUT2D eigenvalue weighted by Crippen LogP contribution is -2.45. The molecule has 0 bridgehead atoms. The van der Waals surface area contributed by atoms with E-state index in [1.807, 2.05) is 30.3 Å². The van der Waals surface area contributed by atoms with Crippen molar-refractivity contribution in [2.24, 2.45) is 5.92 Å². The van der Waals surface area contributed by atoms with E-state index in [0.717, 1.165) is 10.9 Å². The number of amides is 1. The molecule has 0 aromatic heterocycles. The minimum Gasteiger partial charge on any atom is -0.355 e. The van der Waals surface area contributed by atoms with E-state index in [-0.39, 0.29) is 23.3 Å². The van der Waals surface area contributed by atoms with Crippen LogP contribution in [0.25, 0.3) is 0 Å². The Kier molecular flexibility index (Phi) is 6.68. The average molecular weight is 451 g/mol. The van der Waals surface area contributed by atoms with Gasteiger partial charge in [-0.3, -0.25) is 4.79 Å². The molecule has 1 saturated heterocycles. The Morgan fingerprint density at radius 2 is 1.81 bits per heavy atom. The number of piperidine rings is 1. The van der Waals surface area contributed by atoms with Crippen molar-refractivity contribution >= 4 is 31.9 Å². The van der Waals surface area contributed by atoms with Gasteiger partial charge in [0.05, 0.1) is 10.8 Å². The fourth-order valence-electron chi connectivity index (χ4n) is 3.25. The van der Waals surface area contributed by atoms with Gasteiger partial charge in [0.1, 0.15) is 0 Å². The second-order valence-electron chi connectivity index (χ2n) is 6.68. The molecule has 2 aromatic carbocycles. The predicted octanol–water partition coefficient (Wildman–Crippen LogP) is 3.21. The smallest absolute Gasteiger partial charge is 0.243 e. The first-order valence-electron chi connectivity index (χ1n) is 9.04. The van der Waals surface area contributed by atoms with Crippen LogP contribution in [0.4, 0.5) is 0 Å². The Labute approximate surface area is 169 Å². The van der Waals surface area contributed by atoms with E-state index in [1.54, 1.807) is 24.3 Å². The van der Waals surface area contributed by atoms with Gasteiger partial charge < -0.3 is 5.32 Å². The number of hydrogen-bond donors (Lipinski definition) is 1. The van der Waals surface area contributed by atoms with Crippen molar-refractivity contribution in [1.82, 2.24) is 9.62 Å². The van der Waals surface area contributed by atoms with Gasteiger partial charge in [-0.05, 0) is 49.1 Å². The number of sulfonamides is 1. The third kappa shape index (κ3) is 5.18. The molecule has 3 rings (SSSR count). The number of carbonyl (C=O) groups is 1. The largest absolute Gasteiger partial charge is 0.355 e. The van der Waals surface area contributed by atoms with Crippen molar-refractivity contribution < 1.29 is 13.2 Å². The van der Waals surface area contributed by atoms with Crippen molar-refractivity contribution in [3.8, 4) is 0 Å². The normalized spacial score (nSPS) is 18.2. The van der Waals surface area contributed by atoms with E-state index in [1.165, 1.54) is 9.87 Å². The summed E-state index contributed by atoms with van der Waals surface area (Å²) < 4.78 is 28.0. The van der Waals surface area contributed by atoms with Crippen LogP contribution < -0.4 is 5.32 Å². The first-order valence-corrected chi connectivity index (χ1v) is 11.3. The number of hydrogen-bond acceptors (Lipinski definition) is 3. The summed E-state index contributed by atoms with van der Waals surface area (Å²) in [5, 5.41) is 2.95. The second kappa shape index (κ2) is 8.99. The number of nitrogens with one attached hydrogen (secondary N) is 1. The van der Waals surface area contributed by atoms with Gasteiger partial charge in [-0.2, -0.15) is 4.31 Å². The van der Waals surface area contributed by atoms with Crippen LogP contribution in [-0.2, 0) is 21.2 Å². The quantitative estimate of drug-likeness (QED) is 0.734. The number of carbonyl (C=O) groups excluding carboxylic acids is 1. The molecule has 2 aromatic rings. The highest BCUT2D eigenvalue weighted by Crippen LogP contribution is 2.25. The lowest BCUT2D eigenvalue weighted by molar-refractivity contribution is -0.126. The molecule has 27 heavy (non-hydrogen) atoms. The molecule has 1 heterocycles. The molecule has 1 unspecified atom stereocenters. The summed E-state index contributed by atoms with van der Waals surface area (Å²) >= 11 is 3.32. The zero-order valence-electron chi connectivity index (χ0n) is 15.0. The van der Waals surface area contributed by atoms with Crippen LogP contribution in [0.1, 0.15) is 18.4 Å². The zero-order chi connectivity index (χ0) is 19.3. The van der Waals surface area contributed by atoms with Gasteiger partial charge in [0.15, 0.2) is 0 Å². The number of nitrogens with zero attached hydrogens (tertiary/aromatic N) is 1. The molecule has 144 valence electrons. The van der Waals surface area contributed by atoms with Crippen LogP contribution >= 0.6 is 15.9 Å². The topological polar surface area (TPSA) is 66.5 Å². The van der Waals surface area contributed by atoms with E-state index in [2.05, 4.69) is 21.2 Å². The highest BCUT2D eigenvalue weighted by atomic mass is 79.9. The van der Waals surface area contributed by atoms with Crippen LogP contribution in [0.15, 0.2) is 64.0 Å². The highest BCUT2D eigenvalue weighted by molar-refractivity contribution is 9.10. The molecule has 1 atom stereocenters. The van der Waals surface area contributed by atoms with Crippen molar-refractivity contribution in [3.63, 3.8) is 0 Å². The van der Waals surface area contributed by atoms with E-state index in [0.29, 0.717) is 25.9 Å². The van der Waals surface area contributed by atoms with E-state index in [4.69, 9.17) is 0 Å². The van der Waals surface area contributed by atoms with Crippen LogP contribution in [0, 0.1) is 5.92 Å². The Balaban J connectivity index is 1.58. The SMILES string of the molecule is O=C(NCCc1ccccc1)C1CCCN(S(=O)(=O)c2ccc(Br)cc2)C1. The van der Waals surface area contributed by atoms with E-state index in [9.17, 15) is 13.2 Å². The van der Waals surface area contributed by atoms with Crippen LogP contribution in [0.5, 0.6) is 0 Å². The second-order valence-corrected chi connectivity index (χ2v) is 9.54. The minimum absolute atomic E-state index is 0.0679. The standard InChI is InChI=1S/C20H23BrN2O3S/c21-18-8-10-19(11-9-18)27(25,26)23-14-4-7-17(15-23)20(24)22-13-12-16-5-2-1-3-6-16/h1-3,5-6,8-11,17H,4,7,12-15H2,(H,22,24). The first-order chi connectivity index (χ1) is 13.0. The van der Waals surface area contributed by atoms with Crippen molar-refractivity contribution in [2.75, 3.05) is 19.6 Å². The third-order valence-electron chi connectivity index (χ3n) is 4.76. The van der Waals surface area contributed by atoms with E-state index < -0.39 is 10.0 Å². The molecular weight excluding hydrogens is 428 g/mol. The van der Waals surface area contributed by atoms with Crippen LogP contribution in [0.2, 0.25) is 0 Å². The molecular formula is C20H23BrN2O3S. The molecule has 1 fully saturated rings. The summed E-state index contributed by atoms with van der Waals surface area (Å²) in [6, 6.07) is 16.6. The van der Waals surface area contributed by atoms with Crippen molar-refractivity contribution in [2.45, 2.75) is 24.2 Å². The molecule has 0 radical (unpaired) electrons. The van der Waals surface area contributed by atoms with Crippen molar-refractivity contribution in [1.29, 1.82) is 0 Å². The number of halogens is 1. The summed E-state index contributed by atoms with van der Waals surface area (Å²) in [5.41, 5.74) is 1.17. The molecule has 7 heteroatoms. The van der Waals surface area contributed by atoms with Gasteiger partial charge in [-0.1, -0.05) is 46.3 Å². The zero-order valence-corrected chi connectivity index (χ0v) is 17.4. The van der Waals surface area contributed by atoms with Gasteiger partial charge >= 0.3 is 0 Å². The van der Waals surface area contributed by atoms with Crippen LogP contribution in [0.3, 0.4) is 0 Å². The lowest BCUT2D eigenvalue weighted by Gasteiger charge is -2.31. The summed E-state index contributed by atoms with van der Waals surface area (Å²) in [5.74, 6) is -0.374. The summed E-state index contributed by atoms with van der Waals surface area (Å²) in [4.78, 5) is 12.8. The Hall–Kier alpha value is -1.70. The van der Waals surface area contributed by atoms with Gasteiger partial charge in [-0.25, -0.2) is 8.42 Å². The predicted molar refractivity (Wildman–Crippen MR) is 109 cm³/mol. The molecule has 0 saturated carbocycles.